The number of fused-ring (bicyclic) bond motifs is 1. The van der Waals surface area contributed by atoms with E-state index < -0.39 is 6.03 Å². The molecule has 1 aliphatic rings. The maximum absolute atomic E-state index is 11.6. The minimum absolute atomic E-state index is 0. The van der Waals surface area contributed by atoms with Gasteiger partial charge < -0.3 is 24.3 Å². The molecule has 46 heavy (non-hydrogen) atoms. The summed E-state index contributed by atoms with van der Waals surface area (Å²) in [5, 5.41) is 8.44. The van der Waals surface area contributed by atoms with Gasteiger partial charge >= 0.3 is 6.03 Å². The van der Waals surface area contributed by atoms with Crippen LogP contribution in [-0.2, 0) is 6.42 Å². The number of alkyl halides is 1. The largest absolute Gasteiger partial charge is 0.490 e. The van der Waals surface area contributed by atoms with E-state index in [4.69, 9.17) is 30.5 Å². The standard InChI is InChI=1S/C24H29NO4.C10H18ClN3O2.ClH/c1-5-26-21-10-9-17(14-22(21)27-6-2)13-20-19-16-24(29-8-4)23(28-7-3)15-18(19)11-12-25-20;1-8-2-4-9(5-3-8)12-10(15)14(13-16)7-6-11;/h9-12,14-16H,5-8,13H2,1-4H3;8-9H,2-7H2,1H3,(H,12,15);1H. The molecule has 1 aromatic heterocycles. The molecule has 0 aliphatic heterocycles. The lowest BCUT2D eigenvalue weighted by atomic mass is 9.87. The highest BCUT2D eigenvalue weighted by Crippen LogP contribution is 2.35. The third-order valence-electron chi connectivity index (χ3n) is 7.46. The Morgan fingerprint density at radius 3 is 2.07 bits per heavy atom. The van der Waals surface area contributed by atoms with Crippen molar-refractivity contribution >= 4 is 40.8 Å². The molecule has 0 unspecified atom stereocenters. The van der Waals surface area contributed by atoms with Gasteiger partial charge in [-0.3, -0.25) is 4.98 Å². The van der Waals surface area contributed by atoms with Crippen molar-refractivity contribution in [2.24, 2.45) is 11.2 Å². The van der Waals surface area contributed by atoms with Crippen LogP contribution in [0.3, 0.4) is 0 Å². The number of rotatable bonds is 14. The van der Waals surface area contributed by atoms with E-state index in [0.29, 0.717) is 32.8 Å². The lowest BCUT2D eigenvalue weighted by Crippen LogP contribution is -2.44. The molecule has 0 atom stereocenters. The van der Waals surface area contributed by atoms with Gasteiger partial charge in [0.05, 0.1) is 44.0 Å². The number of pyridine rings is 1. The molecule has 2 aromatic carbocycles. The quantitative estimate of drug-likeness (QED) is 0.104. The van der Waals surface area contributed by atoms with Gasteiger partial charge in [-0.2, -0.15) is 5.01 Å². The zero-order valence-electron chi connectivity index (χ0n) is 27.6. The highest BCUT2D eigenvalue weighted by molar-refractivity contribution is 6.18. The number of amides is 2. The van der Waals surface area contributed by atoms with Crippen LogP contribution in [0.2, 0.25) is 0 Å². The van der Waals surface area contributed by atoms with Crippen molar-refractivity contribution in [1.82, 2.24) is 15.3 Å². The molecule has 12 heteroatoms. The molecule has 4 rings (SSSR count). The molecule has 254 valence electrons. The first-order valence-electron chi connectivity index (χ1n) is 15.9. The first-order chi connectivity index (χ1) is 21.9. The van der Waals surface area contributed by atoms with Crippen molar-refractivity contribution in [3.63, 3.8) is 0 Å². The zero-order valence-corrected chi connectivity index (χ0v) is 29.1. The van der Waals surface area contributed by atoms with Crippen molar-refractivity contribution in [2.75, 3.05) is 38.9 Å². The minimum atomic E-state index is -0.435. The fraction of sp³-hybridized carbons (Fsp3) is 0.529. The van der Waals surface area contributed by atoms with Crippen LogP contribution in [0.5, 0.6) is 23.0 Å². The molecule has 0 saturated heterocycles. The molecule has 10 nitrogen and oxygen atoms in total. The number of hydrogen-bond acceptors (Lipinski definition) is 8. The predicted molar refractivity (Wildman–Crippen MR) is 186 cm³/mol. The average molecular weight is 680 g/mol. The smallest absolute Gasteiger partial charge is 0.340 e. The molecular formula is C34H48Cl2N4O6. The van der Waals surface area contributed by atoms with Gasteiger partial charge in [0, 0.05) is 29.9 Å². The van der Waals surface area contributed by atoms with Crippen LogP contribution in [0.4, 0.5) is 4.79 Å². The molecular weight excluding hydrogens is 631 g/mol. The third kappa shape index (κ3) is 11.4. The molecule has 2 amide bonds. The first kappa shape index (κ1) is 38.7. The van der Waals surface area contributed by atoms with Crippen LogP contribution in [0.15, 0.2) is 47.9 Å². The summed E-state index contributed by atoms with van der Waals surface area (Å²) < 4.78 is 23.0. The summed E-state index contributed by atoms with van der Waals surface area (Å²) in [6.45, 7) is 12.6. The highest BCUT2D eigenvalue weighted by atomic mass is 35.5. The average Bonchev–Trinajstić information content (AvgIpc) is 3.03. The molecule has 3 aromatic rings. The summed E-state index contributed by atoms with van der Waals surface area (Å²) in [7, 11) is 0. The number of carbonyl (C=O) groups excluding carboxylic acids is 1. The number of ether oxygens (including phenoxy) is 4. The maximum atomic E-state index is 11.6. The summed E-state index contributed by atoms with van der Waals surface area (Å²) in [4.78, 5) is 26.6. The van der Waals surface area contributed by atoms with Gasteiger partial charge in [0.2, 0.25) is 0 Å². The van der Waals surface area contributed by atoms with Gasteiger partial charge in [-0.05, 0) is 101 Å². The van der Waals surface area contributed by atoms with Gasteiger partial charge in [-0.25, -0.2) is 4.79 Å². The number of nitrogens with zero attached hydrogens (tertiary/aromatic N) is 3. The molecule has 0 bridgehead atoms. The number of nitroso groups, excluding NO2 is 1. The first-order valence-corrected chi connectivity index (χ1v) is 16.4. The molecule has 1 fully saturated rings. The topological polar surface area (TPSA) is 112 Å². The molecule has 0 spiro atoms. The van der Waals surface area contributed by atoms with E-state index in [1.807, 2.05) is 64.2 Å². The molecule has 1 saturated carbocycles. The van der Waals surface area contributed by atoms with Gasteiger partial charge in [0.15, 0.2) is 23.0 Å². The van der Waals surface area contributed by atoms with Gasteiger partial charge in [-0.1, -0.05) is 13.0 Å². The van der Waals surface area contributed by atoms with Crippen LogP contribution >= 0.6 is 24.0 Å². The monoisotopic (exact) mass is 678 g/mol. The molecule has 1 N–H and O–H groups in total. The van der Waals surface area contributed by atoms with E-state index >= 15 is 0 Å². The van der Waals surface area contributed by atoms with Crippen LogP contribution in [0.25, 0.3) is 10.8 Å². The molecule has 1 heterocycles. The Labute approximate surface area is 283 Å². The Kier molecular flexibility index (Phi) is 17.3. The fourth-order valence-corrected chi connectivity index (χ4v) is 5.39. The number of benzene rings is 2. The van der Waals surface area contributed by atoms with Crippen LogP contribution in [-0.4, -0.2) is 60.9 Å². The van der Waals surface area contributed by atoms with E-state index in [1.54, 1.807) is 0 Å². The Hall–Kier alpha value is -3.50. The molecule has 0 radical (unpaired) electrons. The summed E-state index contributed by atoms with van der Waals surface area (Å²) in [6, 6.07) is 11.9. The Bertz CT molecular complexity index is 1370. The summed E-state index contributed by atoms with van der Waals surface area (Å²) in [5.74, 6) is 3.98. The van der Waals surface area contributed by atoms with Crippen molar-refractivity contribution in [3.05, 3.63) is 58.8 Å². The van der Waals surface area contributed by atoms with E-state index in [1.165, 1.54) is 0 Å². The van der Waals surface area contributed by atoms with Gasteiger partial charge in [0.25, 0.3) is 0 Å². The van der Waals surface area contributed by atoms with E-state index in [-0.39, 0.29) is 30.9 Å². The Balaban J connectivity index is 0.000000369. The SMILES string of the molecule is CC1CCC(NC(=O)N(CCCl)N=O)CC1.CCOc1ccc(Cc2nccc3cc(OCC)c(OCC)cc23)cc1OCC.Cl. The fourth-order valence-electron chi connectivity index (χ4n) is 5.23. The van der Waals surface area contributed by atoms with Crippen molar-refractivity contribution in [1.29, 1.82) is 0 Å². The number of aromatic nitrogens is 1. The normalized spacial score (nSPS) is 15.4. The second-order valence-corrected chi connectivity index (χ2v) is 11.1. The number of hydrogen-bond donors (Lipinski definition) is 1. The minimum Gasteiger partial charge on any atom is -0.490 e. The highest BCUT2D eigenvalue weighted by Gasteiger charge is 2.22. The number of carbonyl (C=O) groups is 1. The van der Waals surface area contributed by atoms with Crippen molar-refractivity contribution < 1.29 is 23.7 Å². The van der Waals surface area contributed by atoms with Crippen LogP contribution in [0, 0.1) is 10.8 Å². The Morgan fingerprint density at radius 2 is 1.48 bits per heavy atom. The number of halogens is 2. The molecule has 1 aliphatic carbocycles. The van der Waals surface area contributed by atoms with Crippen molar-refractivity contribution in [2.45, 2.75) is 72.8 Å². The van der Waals surface area contributed by atoms with E-state index in [0.717, 1.165) is 81.6 Å². The van der Waals surface area contributed by atoms with Crippen molar-refractivity contribution in [3.8, 4) is 23.0 Å². The lowest BCUT2D eigenvalue weighted by Gasteiger charge is -2.27. The van der Waals surface area contributed by atoms with Gasteiger partial charge in [-0.15, -0.1) is 28.9 Å². The summed E-state index contributed by atoms with van der Waals surface area (Å²) in [6.07, 6.45) is 6.71. The van der Waals surface area contributed by atoms with Crippen LogP contribution < -0.4 is 24.3 Å². The number of nitrogens with one attached hydrogen (secondary N) is 1. The van der Waals surface area contributed by atoms with Crippen LogP contribution in [0.1, 0.15) is 71.6 Å². The summed E-state index contributed by atoms with van der Waals surface area (Å²) in [5.41, 5.74) is 2.10. The van der Waals surface area contributed by atoms with Gasteiger partial charge in [0.1, 0.15) is 0 Å². The number of urea groups is 1. The second-order valence-electron chi connectivity index (χ2n) is 10.8. The van der Waals surface area contributed by atoms with E-state index in [2.05, 4.69) is 28.6 Å². The maximum Gasteiger partial charge on any atom is 0.340 e. The summed E-state index contributed by atoms with van der Waals surface area (Å²) >= 11 is 5.46. The third-order valence-corrected chi connectivity index (χ3v) is 7.63. The lowest BCUT2D eigenvalue weighted by molar-refractivity contribution is 0.191. The zero-order chi connectivity index (χ0) is 32.6. The predicted octanol–water partition coefficient (Wildman–Crippen LogP) is 8.34. The Morgan fingerprint density at radius 1 is 0.891 bits per heavy atom. The van der Waals surface area contributed by atoms with E-state index in [9.17, 15) is 9.70 Å². The second kappa shape index (κ2) is 20.6.